The van der Waals surface area contributed by atoms with E-state index in [2.05, 4.69) is 27.3 Å². The van der Waals surface area contributed by atoms with E-state index in [4.69, 9.17) is 16.9 Å². The zero-order valence-electron chi connectivity index (χ0n) is 9.67. The molecule has 0 atom stereocenters. The third kappa shape index (κ3) is 3.04. The van der Waals surface area contributed by atoms with Crippen molar-refractivity contribution >= 4 is 38.9 Å². The van der Waals surface area contributed by atoms with Crippen molar-refractivity contribution in [2.75, 3.05) is 5.32 Å². The van der Waals surface area contributed by atoms with Crippen LogP contribution in [0.25, 0.3) is 0 Å². The molecule has 2 aromatic rings. The van der Waals surface area contributed by atoms with Crippen LogP contribution in [0.15, 0.2) is 40.9 Å². The van der Waals surface area contributed by atoms with Crippen molar-refractivity contribution in [2.24, 2.45) is 0 Å². The van der Waals surface area contributed by atoms with Gasteiger partial charge in [-0.2, -0.15) is 5.26 Å². The number of halogens is 2. The fraction of sp³-hybridized carbons (Fsp3) is 0.0714. The van der Waals surface area contributed by atoms with Crippen LogP contribution in [-0.4, -0.2) is 0 Å². The second-order valence-corrected chi connectivity index (χ2v) is 5.27. The maximum absolute atomic E-state index is 8.93. The lowest BCUT2D eigenvalue weighted by molar-refractivity contribution is 1.43. The van der Waals surface area contributed by atoms with Crippen LogP contribution in [-0.2, 0) is 0 Å². The van der Waals surface area contributed by atoms with Crippen molar-refractivity contribution in [2.45, 2.75) is 6.92 Å². The van der Waals surface area contributed by atoms with Gasteiger partial charge in [0.15, 0.2) is 0 Å². The van der Waals surface area contributed by atoms with Crippen LogP contribution < -0.4 is 5.32 Å². The van der Waals surface area contributed by atoms with Crippen molar-refractivity contribution in [1.82, 2.24) is 0 Å². The number of hydrogen-bond donors (Lipinski definition) is 1. The van der Waals surface area contributed by atoms with Crippen molar-refractivity contribution < 1.29 is 0 Å². The molecule has 0 aromatic heterocycles. The summed E-state index contributed by atoms with van der Waals surface area (Å²) in [4.78, 5) is 0. The number of hydrogen-bond acceptors (Lipinski definition) is 2. The summed E-state index contributed by atoms with van der Waals surface area (Å²) in [6, 6.07) is 13.3. The molecular weight excluding hydrogens is 312 g/mol. The number of nitrogens with zero attached hydrogens (tertiary/aromatic N) is 1. The molecule has 0 spiro atoms. The molecule has 2 nitrogen and oxygen atoms in total. The molecule has 0 aliphatic carbocycles. The molecule has 0 saturated heterocycles. The van der Waals surface area contributed by atoms with E-state index in [1.165, 1.54) is 0 Å². The number of rotatable bonds is 2. The molecule has 0 bridgehead atoms. The maximum atomic E-state index is 8.93. The van der Waals surface area contributed by atoms with Gasteiger partial charge in [0.2, 0.25) is 0 Å². The summed E-state index contributed by atoms with van der Waals surface area (Å²) in [5, 5.41) is 12.8. The van der Waals surface area contributed by atoms with Crippen molar-refractivity contribution in [3.63, 3.8) is 0 Å². The Kier molecular flexibility index (Phi) is 3.90. The van der Waals surface area contributed by atoms with Gasteiger partial charge in [0.25, 0.3) is 0 Å². The first-order valence-corrected chi connectivity index (χ1v) is 6.49. The zero-order valence-corrected chi connectivity index (χ0v) is 12.0. The number of aryl methyl sites for hydroxylation is 1. The number of benzene rings is 2. The molecule has 0 unspecified atom stereocenters. The van der Waals surface area contributed by atoms with Crippen LogP contribution in [0.3, 0.4) is 0 Å². The highest BCUT2D eigenvalue weighted by Gasteiger charge is 2.03. The van der Waals surface area contributed by atoms with E-state index in [0.717, 1.165) is 21.4 Å². The highest BCUT2D eigenvalue weighted by molar-refractivity contribution is 9.10. The van der Waals surface area contributed by atoms with E-state index in [1.54, 1.807) is 12.1 Å². The quantitative estimate of drug-likeness (QED) is 0.842. The first-order valence-electron chi connectivity index (χ1n) is 5.32. The molecule has 2 rings (SSSR count). The molecule has 0 amide bonds. The predicted octanol–water partition coefficient (Wildman–Crippen LogP) is 5.03. The Bertz CT molecular complexity index is 632. The van der Waals surface area contributed by atoms with Gasteiger partial charge in [-0.15, -0.1) is 0 Å². The van der Waals surface area contributed by atoms with E-state index in [-0.39, 0.29) is 0 Å². The fourth-order valence-corrected chi connectivity index (χ4v) is 2.27. The first kappa shape index (κ1) is 12.9. The average molecular weight is 322 g/mol. The number of nitrogens with one attached hydrogen (secondary N) is 1. The molecular formula is C14H10BrClN2. The van der Waals surface area contributed by atoms with Gasteiger partial charge >= 0.3 is 0 Å². The minimum Gasteiger partial charge on any atom is -0.354 e. The van der Waals surface area contributed by atoms with Gasteiger partial charge in [0, 0.05) is 10.2 Å². The summed E-state index contributed by atoms with van der Waals surface area (Å²) in [5.41, 5.74) is 3.38. The third-order valence-electron chi connectivity index (χ3n) is 2.43. The van der Waals surface area contributed by atoms with Crippen molar-refractivity contribution in [1.29, 1.82) is 5.26 Å². The summed E-state index contributed by atoms with van der Waals surface area (Å²) in [7, 11) is 0. The molecule has 0 heterocycles. The highest BCUT2D eigenvalue weighted by Crippen LogP contribution is 2.28. The zero-order chi connectivity index (χ0) is 13.1. The SMILES string of the molecule is Cc1ccc(Cl)c(Nc2cc(Br)cc(C#N)c2)c1. The van der Waals surface area contributed by atoms with Crippen LogP contribution in [0.4, 0.5) is 11.4 Å². The Labute approximate surface area is 119 Å². The second kappa shape index (κ2) is 5.43. The number of anilines is 2. The van der Waals surface area contributed by atoms with E-state index in [9.17, 15) is 0 Å². The summed E-state index contributed by atoms with van der Waals surface area (Å²) in [5.74, 6) is 0. The average Bonchev–Trinajstić information content (AvgIpc) is 2.33. The molecule has 0 radical (unpaired) electrons. The summed E-state index contributed by atoms with van der Waals surface area (Å²) >= 11 is 9.50. The summed E-state index contributed by atoms with van der Waals surface area (Å²) < 4.78 is 0.854. The lowest BCUT2D eigenvalue weighted by Crippen LogP contribution is -1.93. The molecule has 0 aliphatic heterocycles. The van der Waals surface area contributed by atoms with Crippen LogP contribution >= 0.6 is 27.5 Å². The Hall–Kier alpha value is -1.50. The minimum atomic E-state index is 0.593. The monoisotopic (exact) mass is 320 g/mol. The van der Waals surface area contributed by atoms with Crippen LogP contribution in [0.2, 0.25) is 5.02 Å². The Balaban J connectivity index is 2.37. The predicted molar refractivity (Wildman–Crippen MR) is 78.3 cm³/mol. The van der Waals surface area contributed by atoms with E-state index in [1.807, 2.05) is 31.2 Å². The topological polar surface area (TPSA) is 35.8 Å². The van der Waals surface area contributed by atoms with Gasteiger partial charge in [0.1, 0.15) is 0 Å². The van der Waals surface area contributed by atoms with Crippen molar-refractivity contribution in [3.8, 4) is 6.07 Å². The molecule has 0 fully saturated rings. The molecule has 90 valence electrons. The van der Waals surface area contributed by atoms with Gasteiger partial charge in [-0.25, -0.2) is 0 Å². The first-order chi connectivity index (χ1) is 8.58. The van der Waals surface area contributed by atoms with Gasteiger partial charge in [-0.05, 0) is 42.8 Å². The lowest BCUT2D eigenvalue weighted by atomic mass is 10.2. The Morgan fingerprint density at radius 3 is 2.72 bits per heavy atom. The molecule has 1 N–H and O–H groups in total. The fourth-order valence-electron chi connectivity index (χ4n) is 1.62. The van der Waals surface area contributed by atoms with Gasteiger partial charge in [-0.1, -0.05) is 33.6 Å². The summed E-state index contributed by atoms with van der Waals surface area (Å²) in [6.45, 7) is 2.00. The maximum Gasteiger partial charge on any atom is 0.0992 e. The highest BCUT2D eigenvalue weighted by atomic mass is 79.9. The third-order valence-corrected chi connectivity index (χ3v) is 3.22. The van der Waals surface area contributed by atoms with E-state index in [0.29, 0.717) is 10.6 Å². The van der Waals surface area contributed by atoms with E-state index < -0.39 is 0 Å². The smallest absolute Gasteiger partial charge is 0.0992 e. The molecule has 0 aliphatic rings. The molecule has 2 aromatic carbocycles. The molecule has 0 saturated carbocycles. The minimum absolute atomic E-state index is 0.593. The lowest BCUT2D eigenvalue weighted by Gasteiger charge is -2.10. The van der Waals surface area contributed by atoms with E-state index >= 15 is 0 Å². The van der Waals surface area contributed by atoms with Gasteiger partial charge in [0.05, 0.1) is 22.3 Å². The normalized spacial score (nSPS) is 9.89. The Morgan fingerprint density at radius 2 is 2.00 bits per heavy atom. The Morgan fingerprint density at radius 1 is 1.22 bits per heavy atom. The van der Waals surface area contributed by atoms with Gasteiger partial charge < -0.3 is 5.32 Å². The standard InChI is InChI=1S/C14H10BrClN2/c1-9-2-3-13(16)14(4-9)18-12-6-10(8-17)5-11(15)7-12/h2-7,18H,1H3. The van der Waals surface area contributed by atoms with Crippen LogP contribution in [0.5, 0.6) is 0 Å². The van der Waals surface area contributed by atoms with Crippen molar-refractivity contribution in [3.05, 3.63) is 57.0 Å². The van der Waals surface area contributed by atoms with Crippen LogP contribution in [0.1, 0.15) is 11.1 Å². The largest absolute Gasteiger partial charge is 0.354 e. The van der Waals surface area contributed by atoms with Gasteiger partial charge in [-0.3, -0.25) is 0 Å². The second-order valence-electron chi connectivity index (χ2n) is 3.95. The van der Waals surface area contributed by atoms with Crippen LogP contribution in [0, 0.1) is 18.3 Å². The molecule has 4 heteroatoms. The number of nitriles is 1. The molecule has 18 heavy (non-hydrogen) atoms. The summed E-state index contributed by atoms with van der Waals surface area (Å²) in [6.07, 6.45) is 0.